The highest BCUT2D eigenvalue weighted by Crippen LogP contribution is 2.49. The smallest absolute Gasteiger partial charge is 0.0950 e. The summed E-state index contributed by atoms with van der Waals surface area (Å²) in [6.45, 7) is 2.25. The molecule has 0 spiro atoms. The van der Waals surface area contributed by atoms with Crippen molar-refractivity contribution >= 4 is 50.2 Å². The first-order valence-electron chi connectivity index (χ1n) is 11.5. The predicted molar refractivity (Wildman–Crippen MR) is 142 cm³/mol. The van der Waals surface area contributed by atoms with E-state index in [0.717, 1.165) is 45.0 Å². The first-order valence-corrected chi connectivity index (χ1v) is 11.5. The van der Waals surface area contributed by atoms with Crippen molar-refractivity contribution in [3.63, 3.8) is 0 Å². The topological polar surface area (TPSA) is 41.9 Å². The highest BCUT2D eigenvalue weighted by molar-refractivity contribution is 6.14. The Labute approximate surface area is 199 Å². The zero-order chi connectivity index (χ0) is 23.2. The molecule has 0 atom stereocenters. The molecule has 166 valence electrons. The minimum Gasteiger partial charge on any atom is -0.862 e. The van der Waals surface area contributed by atoms with Gasteiger partial charge in [0.15, 0.2) is 0 Å². The predicted octanol–water partition coefficient (Wildman–Crippen LogP) is 6.62. The van der Waals surface area contributed by atoms with Crippen LogP contribution < -0.4 is 14.9 Å². The van der Waals surface area contributed by atoms with Crippen LogP contribution in [0.1, 0.15) is 6.92 Å². The van der Waals surface area contributed by atoms with E-state index in [2.05, 4.69) is 94.6 Å². The van der Waals surface area contributed by atoms with Crippen molar-refractivity contribution < 1.29 is 5.11 Å². The van der Waals surface area contributed by atoms with Crippen LogP contribution in [0.5, 0.6) is 0 Å². The lowest BCUT2D eigenvalue weighted by atomic mass is 9.90. The third kappa shape index (κ3) is 3.19. The van der Waals surface area contributed by atoms with Gasteiger partial charge in [0.25, 0.3) is 0 Å². The summed E-state index contributed by atoms with van der Waals surface area (Å²) in [7, 11) is 2.12. The molecule has 0 saturated heterocycles. The zero-order valence-corrected chi connectivity index (χ0v) is 19.2. The molecule has 34 heavy (non-hydrogen) atoms. The molecule has 0 amide bonds. The number of hydrogen-bond acceptors (Lipinski definition) is 4. The fourth-order valence-corrected chi connectivity index (χ4v) is 5.12. The van der Waals surface area contributed by atoms with E-state index in [4.69, 9.17) is 0 Å². The molecule has 5 aromatic carbocycles. The van der Waals surface area contributed by atoms with E-state index < -0.39 is 0 Å². The van der Waals surface area contributed by atoms with Crippen LogP contribution in [0, 0.1) is 0 Å². The molecule has 0 bridgehead atoms. The van der Waals surface area contributed by atoms with Gasteiger partial charge in [-0.15, -0.1) is 0 Å². The SMILES string of the molecule is CC([O-])=Nc1ccc2ccccc2c1-c1c(N2CN(C)c3ccccc32)ccc2ccccc12. The number of hydrogen-bond donors (Lipinski definition) is 0. The maximum atomic E-state index is 12.2. The molecule has 4 heteroatoms. The third-order valence-electron chi connectivity index (χ3n) is 6.57. The molecule has 0 fully saturated rings. The average molecular weight is 443 g/mol. The Balaban J connectivity index is 1.75. The Kier molecular flexibility index (Phi) is 4.73. The van der Waals surface area contributed by atoms with E-state index in [-0.39, 0.29) is 5.90 Å². The number of benzene rings is 5. The second kappa shape index (κ2) is 7.92. The van der Waals surface area contributed by atoms with Crippen LogP contribution in [0.3, 0.4) is 0 Å². The summed E-state index contributed by atoms with van der Waals surface area (Å²) in [5.41, 5.74) is 6.27. The first-order chi connectivity index (χ1) is 16.6. The first kappa shape index (κ1) is 20.3. The van der Waals surface area contributed by atoms with Gasteiger partial charge in [0.2, 0.25) is 0 Å². The molecule has 0 N–H and O–H groups in total. The average Bonchev–Trinajstić information content (AvgIpc) is 3.19. The Bertz CT molecular complexity index is 1580. The van der Waals surface area contributed by atoms with Crippen LogP contribution in [0.4, 0.5) is 22.7 Å². The molecule has 1 aliphatic heterocycles. The molecular formula is C30H24N3O-. The number of fused-ring (bicyclic) bond motifs is 3. The van der Waals surface area contributed by atoms with Crippen molar-refractivity contribution in [2.24, 2.45) is 4.99 Å². The normalized spacial score (nSPS) is 13.6. The van der Waals surface area contributed by atoms with Crippen LogP contribution in [0.25, 0.3) is 32.7 Å². The lowest BCUT2D eigenvalue weighted by Gasteiger charge is -2.26. The van der Waals surface area contributed by atoms with E-state index in [1.807, 2.05) is 24.3 Å². The van der Waals surface area contributed by atoms with Crippen LogP contribution in [-0.4, -0.2) is 19.6 Å². The molecule has 0 radical (unpaired) electrons. The summed E-state index contributed by atoms with van der Waals surface area (Å²) >= 11 is 0. The maximum absolute atomic E-state index is 12.2. The van der Waals surface area contributed by atoms with Crippen molar-refractivity contribution in [2.75, 3.05) is 23.5 Å². The summed E-state index contributed by atoms with van der Waals surface area (Å²) < 4.78 is 0. The molecule has 4 nitrogen and oxygen atoms in total. The lowest BCUT2D eigenvalue weighted by Crippen LogP contribution is -2.24. The van der Waals surface area contributed by atoms with Crippen LogP contribution in [0.2, 0.25) is 0 Å². The number of rotatable bonds is 3. The van der Waals surface area contributed by atoms with Crippen molar-refractivity contribution in [1.29, 1.82) is 0 Å². The number of aliphatic imine (C=N–C) groups is 1. The summed E-state index contributed by atoms with van der Waals surface area (Å²) in [4.78, 5) is 9.07. The fraction of sp³-hybridized carbons (Fsp3) is 0.100. The minimum absolute atomic E-state index is 0.204. The Morgan fingerprint density at radius 2 is 1.26 bits per heavy atom. The zero-order valence-electron chi connectivity index (χ0n) is 19.2. The van der Waals surface area contributed by atoms with Gasteiger partial charge in [0.1, 0.15) is 0 Å². The standard InChI is InChI=1S/C30H25N3O/c1-20(34)31-25-17-15-21-9-3-5-11-23(21)29(25)30-24-12-6-4-10-22(24)16-18-28(30)33-19-32(2)26-13-7-8-14-27(26)33/h3-18H,19H2,1-2H3,(H,31,34)/p-1. The fourth-order valence-electron chi connectivity index (χ4n) is 5.12. The molecule has 0 saturated carbocycles. The van der Waals surface area contributed by atoms with E-state index in [1.54, 1.807) is 0 Å². The van der Waals surface area contributed by atoms with Gasteiger partial charge >= 0.3 is 0 Å². The quantitative estimate of drug-likeness (QED) is 0.233. The van der Waals surface area contributed by atoms with Crippen LogP contribution in [0.15, 0.2) is 102 Å². The largest absolute Gasteiger partial charge is 0.862 e. The molecule has 1 aliphatic rings. The van der Waals surface area contributed by atoms with Gasteiger partial charge < -0.3 is 14.9 Å². The second-order valence-electron chi connectivity index (χ2n) is 8.75. The van der Waals surface area contributed by atoms with Crippen molar-refractivity contribution in [3.8, 4) is 11.1 Å². The van der Waals surface area contributed by atoms with E-state index in [9.17, 15) is 5.11 Å². The maximum Gasteiger partial charge on any atom is 0.0950 e. The Morgan fingerprint density at radius 3 is 1.97 bits per heavy atom. The van der Waals surface area contributed by atoms with Crippen molar-refractivity contribution in [3.05, 3.63) is 97.1 Å². The minimum atomic E-state index is -0.204. The Morgan fingerprint density at radius 1 is 0.676 bits per heavy atom. The number of para-hydroxylation sites is 2. The van der Waals surface area contributed by atoms with Gasteiger partial charge in [-0.05, 0) is 58.6 Å². The summed E-state index contributed by atoms with van der Waals surface area (Å²) in [5.74, 6) is -0.204. The Hall–Kier alpha value is -4.31. The van der Waals surface area contributed by atoms with E-state index in [1.165, 1.54) is 18.3 Å². The van der Waals surface area contributed by atoms with Gasteiger partial charge in [-0.1, -0.05) is 72.8 Å². The molecule has 0 unspecified atom stereocenters. The molecule has 6 rings (SSSR count). The van der Waals surface area contributed by atoms with Gasteiger partial charge in [0, 0.05) is 18.2 Å². The van der Waals surface area contributed by atoms with Gasteiger partial charge in [-0.3, -0.25) is 4.99 Å². The van der Waals surface area contributed by atoms with Gasteiger partial charge in [-0.25, -0.2) is 0 Å². The van der Waals surface area contributed by atoms with E-state index in [0.29, 0.717) is 5.69 Å². The molecular weight excluding hydrogens is 418 g/mol. The summed E-state index contributed by atoms with van der Waals surface area (Å²) in [6.07, 6.45) is 0. The van der Waals surface area contributed by atoms with Gasteiger partial charge in [-0.2, -0.15) is 0 Å². The summed E-state index contributed by atoms with van der Waals surface area (Å²) in [6, 6.07) is 33.7. The van der Waals surface area contributed by atoms with Crippen molar-refractivity contribution in [2.45, 2.75) is 6.92 Å². The number of nitrogens with zero attached hydrogens (tertiary/aromatic N) is 3. The highest BCUT2D eigenvalue weighted by atomic mass is 16.3. The van der Waals surface area contributed by atoms with Crippen LogP contribution in [-0.2, 0) is 0 Å². The second-order valence-corrected chi connectivity index (χ2v) is 8.75. The molecule has 1 heterocycles. The van der Waals surface area contributed by atoms with Gasteiger partial charge in [0.05, 0.1) is 29.4 Å². The highest BCUT2D eigenvalue weighted by Gasteiger charge is 2.28. The third-order valence-corrected chi connectivity index (χ3v) is 6.57. The lowest BCUT2D eigenvalue weighted by molar-refractivity contribution is -0.215. The monoisotopic (exact) mass is 442 g/mol. The molecule has 5 aromatic rings. The van der Waals surface area contributed by atoms with Crippen molar-refractivity contribution in [1.82, 2.24) is 0 Å². The molecule has 0 aromatic heterocycles. The van der Waals surface area contributed by atoms with E-state index >= 15 is 0 Å². The van der Waals surface area contributed by atoms with Crippen LogP contribution >= 0.6 is 0 Å². The number of anilines is 3. The molecule has 0 aliphatic carbocycles. The summed E-state index contributed by atoms with van der Waals surface area (Å²) in [5, 5.41) is 16.7.